The lowest BCUT2D eigenvalue weighted by atomic mass is 10.1. The standard InChI is InChI=1S/C18H24N2O2/c1-5-13(2)12-20(4)17(21)11-16-14(3)22-18(19-16)15-9-7-6-8-10-15/h6-10,13H,5,11-12H2,1-4H3/t13-/m0/s1. The van der Waals surface area contributed by atoms with Gasteiger partial charge >= 0.3 is 0 Å². The van der Waals surface area contributed by atoms with Crippen LogP contribution in [-0.4, -0.2) is 29.4 Å². The van der Waals surface area contributed by atoms with Crippen LogP contribution in [0.2, 0.25) is 0 Å². The molecule has 118 valence electrons. The Hall–Kier alpha value is -2.10. The van der Waals surface area contributed by atoms with Crippen molar-refractivity contribution in [3.63, 3.8) is 0 Å². The molecule has 4 nitrogen and oxygen atoms in total. The number of aryl methyl sites for hydroxylation is 1. The van der Waals surface area contributed by atoms with E-state index >= 15 is 0 Å². The Kier molecular flexibility index (Phi) is 5.36. The second-order valence-electron chi connectivity index (χ2n) is 5.85. The van der Waals surface area contributed by atoms with Crippen LogP contribution < -0.4 is 0 Å². The molecule has 0 saturated carbocycles. The zero-order chi connectivity index (χ0) is 16.1. The van der Waals surface area contributed by atoms with Gasteiger partial charge in [-0.2, -0.15) is 0 Å². The number of nitrogens with zero attached hydrogens (tertiary/aromatic N) is 2. The van der Waals surface area contributed by atoms with Crippen molar-refractivity contribution in [2.75, 3.05) is 13.6 Å². The van der Waals surface area contributed by atoms with Crippen LogP contribution in [0.5, 0.6) is 0 Å². The number of hydrogen-bond acceptors (Lipinski definition) is 3. The molecule has 1 aromatic carbocycles. The summed E-state index contributed by atoms with van der Waals surface area (Å²) in [6, 6.07) is 9.74. The van der Waals surface area contributed by atoms with Crippen molar-refractivity contribution < 1.29 is 9.21 Å². The van der Waals surface area contributed by atoms with Gasteiger partial charge in [-0.1, -0.05) is 38.5 Å². The van der Waals surface area contributed by atoms with Gasteiger partial charge in [-0.3, -0.25) is 4.79 Å². The van der Waals surface area contributed by atoms with Crippen molar-refractivity contribution in [1.82, 2.24) is 9.88 Å². The Labute approximate surface area is 132 Å². The average Bonchev–Trinajstić information content (AvgIpc) is 2.89. The fraction of sp³-hybridized carbons (Fsp3) is 0.444. The third kappa shape index (κ3) is 3.97. The van der Waals surface area contributed by atoms with Crippen LogP contribution in [0.4, 0.5) is 0 Å². The summed E-state index contributed by atoms with van der Waals surface area (Å²) < 4.78 is 5.70. The number of hydrogen-bond donors (Lipinski definition) is 0. The first-order valence-electron chi connectivity index (χ1n) is 7.77. The largest absolute Gasteiger partial charge is 0.441 e. The molecule has 0 N–H and O–H groups in total. The van der Waals surface area contributed by atoms with Crippen molar-refractivity contribution >= 4 is 5.91 Å². The minimum absolute atomic E-state index is 0.0799. The molecule has 0 radical (unpaired) electrons. The van der Waals surface area contributed by atoms with Crippen LogP contribution in [0.1, 0.15) is 31.7 Å². The van der Waals surface area contributed by atoms with Gasteiger partial charge in [0.05, 0.1) is 12.1 Å². The van der Waals surface area contributed by atoms with E-state index < -0.39 is 0 Å². The van der Waals surface area contributed by atoms with E-state index in [0.717, 1.165) is 24.2 Å². The first kappa shape index (κ1) is 16.3. The minimum atomic E-state index is 0.0799. The first-order chi connectivity index (χ1) is 10.5. The van der Waals surface area contributed by atoms with E-state index in [-0.39, 0.29) is 12.3 Å². The Morgan fingerprint density at radius 1 is 1.32 bits per heavy atom. The normalized spacial score (nSPS) is 12.2. The van der Waals surface area contributed by atoms with Crippen LogP contribution in [0.15, 0.2) is 34.7 Å². The third-order valence-corrected chi connectivity index (χ3v) is 3.94. The number of carbonyl (C=O) groups excluding carboxylic acids is 1. The Morgan fingerprint density at radius 2 is 2.00 bits per heavy atom. The molecule has 0 saturated heterocycles. The van der Waals surface area contributed by atoms with Crippen molar-refractivity contribution in [3.8, 4) is 11.5 Å². The number of likely N-dealkylation sites (N-methyl/N-ethyl adjacent to an activating group) is 1. The highest BCUT2D eigenvalue weighted by atomic mass is 16.4. The van der Waals surface area contributed by atoms with Gasteiger partial charge in [-0.15, -0.1) is 0 Å². The monoisotopic (exact) mass is 300 g/mol. The highest BCUT2D eigenvalue weighted by molar-refractivity contribution is 5.78. The van der Waals surface area contributed by atoms with Gasteiger partial charge in [-0.25, -0.2) is 4.98 Å². The summed E-state index contributed by atoms with van der Waals surface area (Å²) in [6.45, 7) is 6.92. The topological polar surface area (TPSA) is 46.3 Å². The predicted octanol–water partition coefficient (Wildman–Crippen LogP) is 3.70. The van der Waals surface area contributed by atoms with Gasteiger partial charge in [0.25, 0.3) is 0 Å². The quantitative estimate of drug-likeness (QED) is 0.817. The van der Waals surface area contributed by atoms with E-state index in [9.17, 15) is 4.79 Å². The molecule has 2 rings (SSSR count). The van der Waals surface area contributed by atoms with Gasteiger partial charge in [0.15, 0.2) is 0 Å². The van der Waals surface area contributed by atoms with Gasteiger partial charge in [-0.05, 0) is 25.0 Å². The van der Waals surface area contributed by atoms with Crippen LogP contribution in [-0.2, 0) is 11.2 Å². The fourth-order valence-electron chi connectivity index (χ4n) is 2.27. The second kappa shape index (κ2) is 7.25. The molecule has 0 unspecified atom stereocenters. The molecule has 4 heteroatoms. The van der Waals surface area contributed by atoms with E-state index in [4.69, 9.17) is 4.42 Å². The Bertz CT molecular complexity index is 619. The van der Waals surface area contributed by atoms with Gasteiger partial charge < -0.3 is 9.32 Å². The molecule has 1 amide bonds. The SMILES string of the molecule is CC[C@H](C)CN(C)C(=O)Cc1nc(-c2ccccc2)oc1C. The predicted molar refractivity (Wildman–Crippen MR) is 87.5 cm³/mol. The molecular formula is C18H24N2O2. The third-order valence-electron chi connectivity index (χ3n) is 3.94. The van der Waals surface area contributed by atoms with Gasteiger partial charge in [0.1, 0.15) is 5.76 Å². The number of rotatable bonds is 6. The fourth-order valence-corrected chi connectivity index (χ4v) is 2.27. The van der Waals surface area contributed by atoms with Crippen LogP contribution in [0, 0.1) is 12.8 Å². The van der Waals surface area contributed by atoms with Crippen molar-refractivity contribution in [2.24, 2.45) is 5.92 Å². The number of amides is 1. The van der Waals surface area contributed by atoms with Gasteiger partial charge in [0.2, 0.25) is 11.8 Å². The molecular weight excluding hydrogens is 276 g/mol. The first-order valence-corrected chi connectivity index (χ1v) is 7.77. The lowest BCUT2D eigenvalue weighted by Gasteiger charge is -2.20. The second-order valence-corrected chi connectivity index (χ2v) is 5.85. The molecule has 0 aliphatic heterocycles. The number of oxazole rings is 1. The molecule has 2 aromatic rings. The molecule has 0 fully saturated rings. The highest BCUT2D eigenvalue weighted by Gasteiger charge is 2.17. The van der Waals surface area contributed by atoms with Gasteiger partial charge in [0, 0.05) is 19.2 Å². The molecule has 0 bridgehead atoms. The minimum Gasteiger partial charge on any atom is -0.441 e. The van der Waals surface area contributed by atoms with Crippen molar-refractivity contribution in [2.45, 2.75) is 33.6 Å². The summed E-state index contributed by atoms with van der Waals surface area (Å²) >= 11 is 0. The highest BCUT2D eigenvalue weighted by Crippen LogP contribution is 2.22. The number of aromatic nitrogens is 1. The van der Waals surface area contributed by atoms with E-state index in [2.05, 4.69) is 18.8 Å². The van der Waals surface area contributed by atoms with E-state index in [1.807, 2.05) is 44.3 Å². The average molecular weight is 300 g/mol. The zero-order valence-corrected chi connectivity index (χ0v) is 13.8. The molecule has 0 aliphatic rings. The van der Waals surface area contributed by atoms with E-state index in [1.165, 1.54) is 0 Å². The van der Waals surface area contributed by atoms with Crippen molar-refractivity contribution in [3.05, 3.63) is 41.8 Å². The Balaban J connectivity index is 2.07. The maximum absolute atomic E-state index is 12.3. The summed E-state index contributed by atoms with van der Waals surface area (Å²) in [7, 11) is 1.85. The summed E-state index contributed by atoms with van der Waals surface area (Å²) in [6.07, 6.45) is 1.36. The maximum Gasteiger partial charge on any atom is 0.228 e. The molecule has 1 aromatic heterocycles. The molecule has 22 heavy (non-hydrogen) atoms. The smallest absolute Gasteiger partial charge is 0.228 e. The summed E-state index contributed by atoms with van der Waals surface area (Å²) in [5.41, 5.74) is 1.65. The molecule has 1 heterocycles. The summed E-state index contributed by atoms with van der Waals surface area (Å²) in [5.74, 6) is 1.87. The van der Waals surface area contributed by atoms with Crippen molar-refractivity contribution in [1.29, 1.82) is 0 Å². The summed E-state index contributed by atoms with van der Waals surface area (Å²) in [4.78, 5) is 18.6. The lowest BCUT2D eigenvalue weighted by Crippen LogP contribution is -2.32. The Morgan fingerprint density at radius 3 is 2.64 bits per heavy atom. The summed E-state index contributed by atoms with van der Waals surface area (Å²) in [5, 5.41) is 0. The maximum atomic E-state index is 12.3. The van der Waals surface area contributed by atoms with Crippen LogP contribution >= 0.6 is 0 Å². The molecule has 0 spiro atoms. The van der Waals surface area contributed by atoms with Crippen LogP contribution in [0.3, 0.4) is 0 Å². The zero-order valence-electron chi connectivity index (χ0n) is 13.8. The van der Waals surface area contributed by atoms with Crippen LogP contribution in [0.25, 0.3) is 11.5 Å². The van der Waals surface area contributed by atoms with E-state index in [1.54, 1.807) is 4.90 Å². The number of benzene rings is 1. The molecule has 0 aliphatic carbocycles. The number of carbonyl (C=O) groups is 1. The lowest BCUT2D eigenvalue weighted by molar-refractivity contribution is -0.129. The van der Waals surface area contributed by atoms with E-state index in [0.29, 0.717) is 17.6 Å². The molecule has 1 atom stereocenters.